The van der Waals surface area contributed by atoms with Crippen LogP contribution in [0.25, 0.3) is 6.08 Å². The summed E-state index contributed by atoms with van der Waals surface area (Å²) in [5.41, 5.74) is 1.67. The zero-order valence-corrected chi connectivity index (χ0v) is 7.74. The molecule has 1 heterocycles. The second-order valence-corrected chi connectivity index (χ2v) is 2.69. The maximum absolute atomic E-state index is 11.1. The van der Waals surface area contributed by atoms with Gasteiger partial charge in [-0.15, -0.1) is 0 Å². The SMILES string of the molecule is CNC(=O)/C(C)=C/c1ccncc1. The number of likely N-dealkylation sites (N-methyl/N-ethyl adjacent to an activating group) is 1. The van der Waals surface area contributed by atoms with Gasteiger partial charge < -0.3 is 5.32 Å². The predicted molar refractivity (Wildman–Crippen MR) is 52.0 cm³/mol. The highest BCUT2D eigenvalue weighted by Gasteiger charge is 1.99. The lowest BCUT2D eigenvalue weighted by molar-refractivity contribution is -0.116. The summed E-state index contributed by atoms with van der Waals surface area (Å²) in [6.45, 7) is 1.78. The maximum Gasteiger partial charge on any atom is 0.246 e. The van der Waals surface area contributed by atoms with Crippen LogP contribution in [-0.2, 0) is 4.79 Å². The first-order valence-corrected chi connectivity index (χ1v) is 4.04. The quantitative estimate of drug-likeness (QED) is 0.689. The molecule has 68 valence electrons. The fourth-order valence-electron chi connectivity index (χ4n) is 0.972. The Bertz CT molecular complexity index is 317. The van der Waals surface area contributed by atoms with E-state index < -0.39 is 0 Å². The van der Waals surface area contributed by atoms with Crippen LogP contribution >= 0.6 is 0 Å². The van der Waals surface area contributed by atoms with Gasteiger partial charge in [0.2, 0.25) is 5.91 Å². The molecule has 1 aromatic heterocycles. The van der Waals surface area contributed by atoms with Gasteiger partial charge in [-0.05, 0) is 30.7 Å². The average Bonchev–Trinajstić information content (AvgIpc) is 2.18. The summed E-state index contributed by atoms with van der Waals surface area (Å²) in [7, 11) is 1.62. The third-order valence-corrected chi connectivity index (χ3v) is 1.67. The second-order valence-electron chi connectivity index (χ2n) is 2.69. The Morgan fingerprint density at radius 2 is 2.08 bits per heavy atom. The number of amides is 1. The van der Waals surface area contributed by atoms with Crippen LogP contribution in [0.4, 0.5) is 0 Å². The van der Waals surface area contributed by atoms with Crippen LogP contribution in [0, 0.1) is 0 Å². The summed E-state index contributed by atoms with van der Waals surface area (Å²) in [6, 6.07) is 3.71. The molecule has 0 aliphatic carbocycles. The fraction of sp³-hybridized carbons (Fsp3) is 0.200. The first-order chi connectivity index (χ1) is 6.24. The molecule has 0 aliphatic rings. The number of hydrogen-bond donors (Lipinski definition) is 1. The van der Waals surface area contributed by atoms with Gasteiger partial charge in [-0.25, -0.2) is 0 Å². The molecule has 1 aromatic rings. The molecule has 0 unspecified atom stereocenters. The molecule has 0 fully saturated rings. The van der Waals surface area contributed by atoms with Gasteiger partial charge in [0.15, 0.2) is 0 Å². The van der Waals surface area contributed by atoms with Crippen LogP contribution in [0.2, 0.25) is 0 Å². The lowest BCUT2D eigenvalue weighted by Crippen LogP contribution is -2.18. The number of pyridine rings is 1. The molecule has 0 saturated heterocycles. The van der Waals surface area contributed by atoms with Gasteiger partial charge in [0.1, 0.15) is 0 Å². The Morgan fingerprint density at radius 1 is 1.46 bits per heavy atom. The third-order valence-electron chi connectivity index (χ3n) is 1.67. The van der Waals surface area contributed by atoms with E-state index in [0.29, 0.717) is 5.57 Å². The van der Waals surface area contributed by atoms with Crippen molar-refractivity contribution in [1.29, 1.82) is 0 Å². The van der Waals surface area contributed by atoms with Gasteiger partial charge in [-0.3, -0.25) is 9.78 Å². The zero-order valence-electron chi connectivity index (χ0n) is 7.74. The lowest BCUT2D eigenvalue weighted by atomic mass is 10.2. The molecule has 0 saturated carbocycles. The van der Waals surface area contributed by atoms with Crippen molar-refractivity contribution in [3.05, 3.63) is 35.7 Å². The molecule has 1 rings (SSSR count). The van der Waals surface area contributed by atoms with Crippen molar-refractivity contribution in [3.8, 4) is 0 Å². The van der Waals surface area contributed by atoms with Crippen molar-refractivity contribution < 1.29 is 4.79 Å². The van der Waals surface area contributed by atoms with Crippen molar-refractivity contribution in [3.63, 3.8) is 0 Å². The summed E-state index contributed by atoms with van der Waals surface area (Å²) >= 11 is 0. The molecule has 13 heavy (non-hydrogen) atoms. The van der Waals surface area contributed by atoms with E-state index in [0.717, 1.165) is 5.56 Å². The molecule has 0 bridgehead atoms. The molecule has 0 aromatic carbocycles. The number of carbonyl (C=O) groups is 1. The highest BCUT2D eigenvalue weighted by Crippen LogP contribution is 2.04. The van der Waals surface area contributed by atoms with E-state index in [1.54, 1.807) is 26.4 Å². The summed E-state index contributed by atoms with van der Waals surface area (Å²) < 4.78 is 0. The number of hydrogen-bond acceptors (Lipinski definition) is 2. The van der Waals surface area contributed by atoms with E-state index in [1.807, 2.05) is 18.2 Å². The number of nitrogens with one attached hydrogen (secondary N) is 1. The molecule has 0 spiro atoms. The normalized spacial score (nSPS) is 11.1. The van der Waals surface area contributed by atoms with E-state index in [9.17, 15) is 4.79 Å². The van der Waals surface area contributed by atoms with Crippen molar-refractivity contribution >= 4 is 12.0 Å². The zero-order chi connectivity index (χ0) is 9.68. The molecular weight excluding hydrogens is 164 g/mol. The van der Waals surface area contributed by atoms with Crippen molar-refractivity contribution in [2.24, 2.45) is 0 Å². The lowest BCUT2D eigenvalue weighted by Gasteiger charge is -1.98. The molecule has 3 nitrogen and oxygen atoms in total. The van der Waals surface area contributed by atoms with Crippen LogP contribution in [0.1, 0.15) is 12.5 Å². The van der Waals surface area contributed by atoms with Crippen molar-refractivity contribution in [2.45, 2.75) is 6.92 Å². The topological polar surface area (TPSA) is 42.0 Å². The molecule has 0 aliphatic heterocycles. The van der Waals surface area contributed by atoms with Gasteiger partial charge in [-0.2, -0.15) is 0 Å². The Hall–Kier alpha value is -1.64. The molecular formula is C10H12N2O. The highest BCUT2D eigenvalue weighted by atomic mass is 16.1. The maximum atomic E-state index is 11.1. The van der Waals surface area contributed by atoms with Crippen LogP contribution in [0.15, 0.2) is 30.1 Å². The largest absolute Gasteiger partial charge is 0.355 e. The van der Waals surface area contributed by atoms with Crippen LogP contribution < -0.4 is 5.32 Å². The third kappa shape index (κ3) is 2.71. The van der Waals surface area contributed by atoms with Gasteiger partial charge in [-0.1, -0.05) is 0 Å². The Labute approximate surface area is 77.5 Å². The second kappa shape index (κ2) is 4.40. The van der Waals surface area contributed by atoms with E-state index >= 15 is 0 Å². The predicted octanol–water partition coefficient (Wildman–Crippen LogP) is 1.23. The van der Waals surface area contributed by atoms with E-state index in [1.165, 1.54) is 0 Å². The smallest absolute Gasteiger partial charge is 0.246 e. The molecule has 1 N–H and O–H groups in total. The minimum absolute atomic E-state index is 0.0585. The summed E-state index contributed by atoms with van der Waals surface area (Å²) in [6.07, 6.45) is 5.21. The Kier molecular flexibility index (Phi) is 3.20. The first kappa shape index (κ1) is 9.45. The molecule has 3 heteroatoms. The van der Waals surface area contributed by atoms with Gasteiger partial charge >= 0.3 is 0 Å². The van der Waals surface area contributed by atoms with Crippen LogP contribution in [0.3, 0.4) is 0 Å². The van der Waals surface area contributed by atoms with E-state index in [2.05, 4.69) is 10.3 Å². The standard InChI is InChI=1S/C10H12N2O/c1-8(10(13)11-2)7-9-3-5-12-6-4-9/h3-7H,1-2H3,(H,11,13)/b8-7+. The average molecular weight is 176 g/mol. The van der Waals surface area contributed by atoms with E-state index in [4.69, 9.17) is 0 Å². The van der Waals surface area contributed by atoms with Crippen LogP contribution in [0.5, 0.6) is 0 Å². The monoisotopic (exact) mass is 176 g/mol. The van der Waals surface area contributed by atoms with Gasteiger partial charge in [0.05, 0.1) is 0 Å². The number of carbonyl (C=O) groups excluding carboxylic acids is 1. The molecule has 0 radical (unpaired) electrons. The first-order valence-electron chi connectivity index (χ1n) is 4.04. The van der Waals surface area contributed by atoms with Gasteiger partial charge in [0.25, 0.3) is 0 Å². The summed E-state index contributed by atoms with van der Waals surface area (Å²) in [5, 5.41) is 2.56. The fourth-order valence-corrected chi connectivity index (χ4v) is 0.972. The minimum atomic E-state index is -0.0585. The number of aromatic nitrogens is 1. The van der Waals surface area contributed by atoms with Gasteiger partial charge in [0, 0.05) is 25.0 Å². The molecule has 1 amide bonds. The highest BCUT2D eigenvalue weighted by molar-refractivity contribution is 5.96. The van der Waals surface area contributed by atoms with Crippen LogP contribution in [-0.4, -0.2) is 17.9 Å². The minimum Gasteiger partial charge on any atom is -0.355 e. The molecule has 0 atom stereocenters. The number of rotatable bonds is 2. The van der Waals surface area contributed by atoms with Crippen molar-refractivity contribution in [1.82, 2.24) is 10.3 Å². The Balaban J connectivity index is 2.83. The van der Waals surface area contributed by atoms with Crippen molar-refractivity contribution in [2.75, 3.05) is 7.05 Å². The summed E-state index contributed by atoms with van der Waals surface area (Å²) in [5.74, 6) is -0.0585. The summed E-state index contributed by atoms with van der Waals surface area (Å²) in [4.78, 5) is 15.0. The number of nitrogens with zero attached hydrogens (tertiary/aromatic N) is 1. The Morgan fingerprint density at radius 3 is 2.62 bits per heavy atom. The van der Waals surface area contributed by atoms with E-state index in [-0.39, 0.29) is 5.91 Å².